The van der Waals surface area contributed by atoms with Gasteiger partial charge in [-0.2, -0.15) is 0 Å². The van der Waals surface area contributed by atoms with Crippen LogP contribution in [0, 0.1) is 0 Å². The fraction of sp³-hybridized carbons (Fsp3) is 0.211. The van der Waals surface area contributed by atoms with E-state index < -0.39 is 5.60 Å². The van der Waals surface area contributed by atoms with Gasteiger partial charge in [-0.3, -0.25) is 0 Å². The van der Waals surface area contributed by atoms with Crippen molar-refractivity contribution in [2.75, 3.05) is 7.11 Å². The molecule has 2 aromatic carbocycles. The molecule has 1 aliphatic rings. The Balaban J connectivity index is 2.23. The van der Waals surface area contributed by atoms with Crippen LogP contribution in [0.25, 0.3) is 0 Å². The molecule has 0 saturated heterocycles. The van der Waals surface area contributed by atoms with Crippen molar-refractivity contribution < 1.29 is 14.3 Å². The summed E-state index contributed by atoms with van der Waals surface area (Å²) >= 11 is 0. The molecule has 0 amide bonds. The lowest BCUT2D eigenvalue weighted by Gasteiger charge is -2.27. The lowest BCUT2D eigenvalue weighted by molar-refractivity contribution is 0.0273. The van der Waals surface area contributed by atoms with Crippen molar-refractivity contribution >= 4 is 5.97 Å². The lowest BCUT2D eigenvalue weighted by atomic mass is 9.84. The third-order valence-corrected chi connectivity index (χ3v) is 3.81. The molecule has 1 unspecified atom stereocenters. The summed E-state index contributed by atoms with van der Waals surface area (Å²) in [5, 5.41) is 0. The highest BCUT2D eigenvalue weighted by Crippen LogP contribution is 2.44. The quantitative estimate of drug-likeness (QED) is 0.632. The molecule has 3 heteroatoms. The molecule has 0 aromatic heterocycles. The van der Waals surface area contributed by atoms with Crippen molar-refractivity contribution in [3.8, 4) is 5.75 Å². The van der Waals surface area contributed by atoms with E-state index in [1.165, 1.54) is 0 Å². The first kappa shape index (κ1) is 14.4. The van der Waals surface area contributed by atoms with E-state index >= 15 is 0 Å². The summed E-state index contributed by atoms with van der Waals surface area (Å²) in [4.78, 5) is 12.3. The molecule has 3 nitrogen and oxygen atoms in total. The van der Waals surface area contributed by atoms with Gasteiger partial charge in [0.2, 0.25) is 0 Å². The fourth-order valence-corrected chi connectivity index (χ4v) is 2.89. The van der Waals surface area contributed by atoms with E-state index in [9.17, 15) is 4.79 Å². The summed E-state index contributed by atoms with van der Waals surface area (Å²) in [7, 11) is 1.63. The topological polar surface area (TPSA) is 35.5 Å². The number of allylic oxidation sites excluding steroid dienone is 1. The van der Waals surface area contributed by atoms with Gasteiger partial charge < -0.3 is 9.47 Å². The number of rotatable bonds is 3. The molecular formula is C19H18O3. The molecule has 0 N–H and O–H groups in total. The molecule has 1 heterocycles. The lowest BCUT2D eigenvalue weighted by Crippen LogP contribution is -2.25. The molecule has 2 aromatic rings. The molecule has 0 saturated carbocycles. The second-order valence-electron chi connectivity index (χ2n) is 5.62. The molecule has 0 fully saturated rings. The van der Waals surface area contributed by atoms with Crippen LogP contribution in [0.15, 0.2) is 60.2 Å². The number of carbonyl (C=O) groups excluding carboxylic acids is 1. The molecule has 22 heavy (non-hydrogen) atoms. The average Bonchev–Trinajstić information content (AvgIpc) is 2.81. The van der Waals surface area contributed by atoms with Crippen LogP contribution >= 0.6 is 0 Å². The molecule has 1 aliphatic heterocycles. The zero-order chi connectivity index (χ0) is 15.7. The number of hydrogen-bond acceptors (Lipinski definition) is 3. The molecule has 1 atom stereocenters. The van der Waals surface area contributed by atoms with Gasteiger partial charge in [-0.05, 0) is 38.1 Å². The van der Waals surface area contributed by atoms with Crippen molar-refractivity contribution in [3.05, 3.63) is 76.9 Å². The molecule has 3 rings (SSSR count). The van der Waals surface area contributed by atoms with E-state index in [0.29, 0.717) is 5.56 Å². The van der Waals surface area contributed by atoms with Gasteiger partial charge in [0.05, 0.1) is 12.7 Å². The second kappa shape index (κ2) is 5.34. The Morgan fingerprint density at radius 3 is 2.41 bits per heavy atom. The predicted octanol–water partition coefficient (Wildman–Crippen LogP) is 4.08. The number of fused-ring (bicyclic) bond motifs is 1. The van der Waals surface area contributed by atoms with Crippen molar-refractivity contribution in [1.82, 2.24) is 0 Å². The predicted molar refractivity (Wildman–Crippen MR) is 85.1 cm³/mol. The van der Waals surface area contributed by atoms with E-state index in [1.54, 1.807) is 7.11 Å². The Morgan fingerprint density at radius 1 is 1.09 bits per heavy atom. The van der Waals surface area contributed by atoms with E-state index in [4.69, 9.17) is 9.47 Å². The maximum Gasteiger partial charge on any atom is 0.340 e. The van der Waals surface area contributed by atoms with Gasteiger partial charge in [0.1, 0.15) is 5.75 Å². The third kappa shape index (κ3) is 2.19. The molecule has 112 valence electrons. The second-order valence-corrected chi connectivity index (χ2v) is 5.62. The van der Waals surface area contributed by atoms with Crippen molar-refractivity contribution in [2.45, 2.75) is 19.4 Å². The summed E-state index contributed by atoms with van der Waals surface area (Å²) in [6, 6.07) is 15.2. The summed E-state index contributed by atoms with van der Waals surface area (Å²) in [6.07, 6.45) is 2.00. The first-order valence-corrected chi connectivity index (χ1v) is 7.20. The summed E-state index contributed by atoms with van der Waals surface area (Å²) in [6.45, 7) is 4.00. The normalized spacial score (nSPS) is 19.3. The number of esters is 1. The van der Waals surface area contributed by atoms with Gasteiger partial charge in [-0.25, -0.2) is 4.79 Å². The van der Waals surface area contributed by atoms with Crippen LogP contribution in [-0.4, -0.2) is 13.1 Å². The van der Waals surface area contributed by atoms with Gasteiger partial charge in [-0.15, -0.1) is 0 Å². The number of ether oxygens (including phenoxy) is 2. The average molecular weight is 294 g/mol. The van der Waals surface area contributed by atoms with Crippen LogP contribution in [0.1, 0.15) is 35.3 Å². The van der Waals surface area contributed by atoms with Gasteiger partial charge in [0.15, 0.2) is 5.60 Å². The van der Waals surface area contributed by atoms with Crippen LogP contribution in [0.3, 0.4) is 0 Å². The highest BCUT2D eigenvalue weighted by Gasteiger charge is 2.45. The summed E-state index contributed by atoms with van der Waals surface area (Å²) < 4.78 is 11.0. The van der Waals surface area contributed by atoms with Gasteiger partial charge >= 0.3 is 5.97 Å². The highest BCUT2D eigenvalue weighted by atomic mass is 16.6. The Bertz CT molecular complexity index is 740. The van der Waals surface area contributed by atoms with Crippen molar-refractivity contribution in [2.24, 2.45) is 0 Å². The zero-order valence-corrected chi connectivity index (χ0v) is 12.9. The third-order valence-electron chi connectivity index (χ3n) is 3.81. The largest absolute Gasteiger partial charge is 0.497 e. The van der Waals surface area contributed by atoms with Gasteiger partial charge in [0, 0.05) is 11.1 Å². The fourth-order valence-electron chi connectivity index (χ4n) is 2.89. The number of carbonyl (C=O) groups is 1. The molecule has 0 radical (unpaired) electrons. The van der Waals surface area contributed by atoms with Crippen LogP contribution < -0.4 is 4.74 Å². The monoisotopic (exact) mass is 294 g/mol. The molecule has 0 bridgehead atoms. The molecular weight excluding hydrogens is 276 g/mol. The number of benzene rings is 2. The highest BCUT2D eigenvalue weighted by molar-refractivity contribution is 5.96. The van der Waals surface area contributed by atoms with Gasteiger partial charge in [-0.1, -0.05) is 35.9 Å². The van der Waals surface area contributed by atoms with E-state index in [1.807, 2.05) is 68.5 Å². The minimum absolute atomic E-state index is 0.288. The Morgan fingerprint density at radius 2 is 1.77 bits per heavy atom. The Labute approximate surface area is 130 Å². The first-order chi connectivity index (χ1) is 10.6. The minimum atomic E-state index is -0.862. The molecule has 0 spiro atoms. The van der Waals surface area contributed by atoms with E-state index in [-0.39, 0.29) is 5.97 Å². The maximum absolute atomic E-state index is 12.3. The zero-order valence-electron chi connectivity index (χ0n) is 12.9. The number of cyclic esters (lactones) is 1. The van der Waals surface area contributed by atoms with E-state index in [2.05, 4.69) is 0 Å². The number of methoxy groups -OCH3 is 1. The summed E-state index contributed by atoms with van der Waals surface area (Å²) in [5.41, 5.74) is 2.63. The molecule has 0 aliphatic carbocycles. The maximum atomic E-state index is 12.3. The van der Waals surface area contributed by atoms with Crippen LogP contribution in [0.4, 0.5) is 0 Å². The summed E-state index contributed by atoms with van der Waals surface area (Å²) in [5.74, 6) is 0.484. The minimum Gasteiger partial charge on any atom is -0.497 e. The van der Waals surface area contributed by atoms with Gasteiger partial charge in [0.25, 0.3) is 0 Å². The van der Waals surface area contributed by atoms with Crippen LogP contribution in [-0.2, 0) is 10.3 Å². The SMILES string of the molecule is COc1ccc(C2(C=C(C)C)OC(=O)c3ccccc32)cc1. The Hall–Kier alpha value is -2.55. The van der Waals surface area contributed by atoms with Crippen LogP contribution in [0.2, 0.25) is 0 Å². The first-order valence-electron chi connectivity index (χ1n) is 7.20. The smallest absolute Gasteiger partial charge is 0.340 e. The standard InChI is InChI=1S/C19H18O3/c1-13(2)12-19(14-8-10-15(21-3)11-9-14)17-7-5-4-6-16(17)18(20)22-19/h4-12H,1-3H3. The Kier molecular flexibility index (Phi) is 3.49. The van der Waals surface area contributed by atoms with Crippen LogP contribution in [0.5, 0.6) is 5.75 Å². The van der Waals surface area contributed by atoms with Crippen molar-refractivity contribution in [1.29, 1.82) is 0 Å². The van der Waals surface area contributed by atoms with Crippen molar-refractivity contribution in [3.63, 3.8) is 0 Å². The number of hydrogen-bond donors (Lipinski definition) is 0. The van der Waals surface area contributed by atoms with E-state index in [0.717, 1.165) is 22.4 Å².